The summed E-state index contributed by atoms with van der Waals surface area (Å²) in [4.78, 5) is 0. The van der Waals surface area contributed by atoms with Gasteiger partial charge in [0.1, 0.15) is 4.34 Å². The van der Waals surface area contributed by atoms with Gasteiger partial charge in [0, 0.05) is 16.1 Å². The summed E-state index contributed by atoms with van der Waals surface area (Å²) in [7, 11) is 0. The Balaban J connectivity index is 2.81. The monoisotopic (exact) mass is 297 g/mol. The van der Waals surface area contributed by atoms with Crippen LogP contribution in [0.1, 0.15) is 26.3 Å². The van der Waals surface area contributed by atoms with E-state index in [2.05, 4.69) is 25.9 Å². The van der Waals surface area contributed by atoms with Gasteiger partial charge in [0.15, 0.2) is 0 Å². The molecule has 0 saturated heterocycles. The van der Waals surface area contributed by atoms with Crippen molar-refractivity contribution in [3.63, 3.8) is 0 Å². The fraction of sp³-hybridized carbons (Fsp3) is 0.500. The minimum atomic E-state index is 0.113. The maximum absolute atomic E-state index is 8.99. The fourth-order valence-electron chi connectivity index (χ4n) is 0.982. The molecule has 1 aromatic rings. The second-order valence-electron chi connectivity index (χ2n) is 4.19. The van der Waals surface area contributed by atoms with Gasteiger partial charge >= 0.3 is 0 Å². The van der Waals surface area contributed by atoms with E-state index in [1.165, 1.54) is 11.3 Å². The molecule has 16 heavy (non-hydrogen) atoms. The third-order valence-corrected chi connectivity index (χ3v) is 4.50. The molecule has 0 unspecified atom stereocenters. The second-order valence-corrected chi connectivity index (χ2v) is 8.27. The largest absolute Gasteiger partial charge is 0.411 e. The molecule has 0 aliphatic carbocycles. The average molecular weight is 298 g/mol. The van der Waals surface area contributed by atoms with Crippen LogP contribution in [0.5, 0.6) is 0 Å². The summed E-state index contributed by atoms with van der Waals surface area (Å²) in [6.45, 7) is 6.32. The standard InChI is InChI=1S/C10H13Cl2NOS2/c1-10(2,3)15-5-7(13-14)6-4-8(11)16-9(6)12/h4,14H,5H2,1-3H3/b13-7-. The Kier molecular flexibility index (Phi) is 4.98. The Labute approximate surface area is 114 Å². The van der Waals surface area contributed by atoms with Crippen LogP contribution in [-0.4, -0.2) is 21.4 Å². The van der Waals surface area contributed by atoms with Gasteiger partial charge in [-0.2, -0.15) is 0 Å². The lowest BCUT2D eigenvalue weighted by atomic mass is 10.2. The van der Waals surface area contributed by atoms with E-state index in [-0.39, 0.29) is 4.75 Å². The topological polar surface area (TPSA) is 32.6 Å². The zero-order valence-corrected chi connectivity index (χ0v) is 12.4. The van der Waals surface area contributed by atoms with Crippen molar-refractivity contribution in [1.82, 2.24) is 0 Å². The highest BCUT2D eigenvalue weighted by Gasteiger charge is 2.17. The Morgan fingerprint density at radius 2 is 2.12 bits per heavy atom. The number of thiophene rings is 1. The van der Waals surface area contributed by atoms with E-state index < -0.39 is 0 Å². The van der Waals surface area contributed by atoms with Gasteiger partial charge in [-0.15, -0.1) is 23.1 Å². The molecule has 1 rings (SSSR count). The molecule has 0 atom stereocenters. The first-order valence-electron chi connectivity index (χ1n) is 4.63. The van der Waals surface area contributed by atoms with E-state index >= 15 is 0 Å². The van der Waals surface area contributed by atoms with E-state index in [1.54, 1.807) is 17.8 Å². The highest BCUT2D eigenvalue weighted by molar-refractivity contribution is 8.01. The first kappa shape index (κ1) is 14.2. The fourth-order valence-corrected chi connectivity index (χ4v) is 3.27. The normalized spacial score (nSPS) is 13.2. The van der Waals surface area contributed by atoms with E-state index in [4.69, 9.17) is 28.4 Å². The summed E-state index contributed by atoms with van der Waals surface area (Å²) in [5, 5.41) is 12.3. The van der Waals surface area contributed by atoms with Crippen molar-refractivity contribution in [3.8, 4) is 0 Å². The van der Waals surface area contributed by atoms with Crippen LogP contribution in [0.2, 0.25) is 8.67 Å². The Morgan fingerprint density at radius 1 is 1.50 bits per heavy atom. The molecule has 0 saturated carbocycles. The van der Waals surface area contributed by atoms with Gasteiger partial charge in [-0.3, -0.25) is 0 Å². The highest BCUT2D eigenvalue weighted by atomic mass is 35.5. The zero-order valence-electron chi connectivity index (χ0n) is 9.25. The number of hydrogen-bond acceptors (Lipinski definition) is 4. The van der Waals surface area contributed by atoms with Crippen LogP contribution in [-0.2, 0) is 0 Å². The maximum atomic E-state index is 8.99. The van der Waals surface area contributed by atoms with Gasteiger partial charge in [-0.05, 0) is 6.07 Å². The molecule has 0 bridgehead atoms. The second kappa shape index (κ2) is 5.63. The maximum Gasteiger partial charge on any atom is 0.104 e. The quantitative estimate of drug-likeness (QED) is 0.495. The van der Waals surface area contributed by atoms with Crippen molar-refractivity contribution in [2.75, 3.05) is 5.75 Å². The van der Waals surface area contributed by atoms with Crippen LogP contribution in [0.25, 0.3) is 0 Å². The molecule has 0 spiro atoms. The lowest BCUT2D eigenvalue weighted by molar-refractivity contribution is 0.319. The van der Waals surface area contributed by atoms with Crippen LogP contribution in [0.3, 0.4) is 0 Å². The number of oxime groups is 1. The van der Waals surface area contributed by atoms with Crippen molar-refractivity contribution in [2.45, 2.75) is 25.5 Å². The van der Waals surface area contributed by atoms with Crippen LogP contribution in [0.4, 0.5) is 0 Å². The van der Waals surface area contributed by atoms with Crippen LogP contribution >= 0.6 is 46.3 Å². The molecule has 0 amide bonds. The van der Waals surface area contributed by atoms with Crippen molar-refractivity contribution in [1.29, 1.82) is 0 Å². The lowest BCUT2D eigenvalue weighted by Crippen LogP contribution is -2.13. The van der Waals surface area contributed by atoms with Gasteiger partial charge in [0.05, 0.1) is 10.0 Å². The Morgan fingerprint density at radius 3 is 2.50 bits per heavy atom. The number of thioether (sulfide) groups is 1. The third kappa shape index (κ3) is 4.17. The number of hydrogen-bond donors (Lipinski definition) is 1. The lowest BCUT2D eigenvalue weighted by Gasteiger charge is -2.17. The number of halogens is 2. The predicted molar refractivity (Wildman–Crippen MR) is 74.9 cm³/mol. The van der Waals surface area contributed by atoms with E-state index in [9.17, 15) is 0 Å². The van der Waals surface area contributed by atoms with Crippen molar-refractivity contribution < 1.29 is 5.21 Å². The van der Waals surface area contributed by atoms with Crippen molar-refractivity contribution >= 4 is 52.0 Å². The molecule has 90 valence electrons. The molecular formula is C10H13Cl2NOS2. The molecule has 0 radical (unpaired) electrons. The molecule has 2 nitrogen and oxygen atoms in total. The average Bonchev–Trinajstić information content (AvgIpc) is 2.45. The van der Waals surface area contributed by atoms with E-state index in [0.29, 0.717) is 20.1 Å². The molecule has 0 aromatic carbocycles. The SMILES string of the molecule is CC(C)(C)SC/C(=N/O)c1cc(Cl)sc1Cl. The Bertz CT molecular complexity index is 396. The van der Waals surface area contributed by atoms with Crippen molar-refractivity contribution in [3.05, 3.63) is 20.3 Å². The smallest absolute Gasteiger partial charge is 0.104 e. The molecule has 1 heterocycles. The summed E-state index contributed by atoms with van der Waals surface area (Å²) in [5.74, 6) is 0.604. The number of nitrogens with zero attached hydrogens (tertiary/aromatic N) is 1. The molecular weight excluding hydrogens is 285 g/mol. The molecule has 0 fully saturated rings. The van der Waals surface area contributed by atoms with Crippen LogP contribution in [0.15, 0.2) is 11.2 Å². The van der Waals surface area contributed by atoms with Crippen LogP contribution < -0.4 is 0 Å². The zero-order chi connectivity index (χ0) is 12.3. The summed E-state index contributed by atoms with van der Waals surface area (Å²) < 4.78 is 1.27. The summed E-state index contributed by atoms with van der Waals surface area (Å²) >= 11 is 14.8. The molecule has 1 aromatic heterocycles. The van der Waals surface area contributed by atoms with Crippen LogP contribution in [0, 0.1) is 0 Å². The Hall–Kier alpha value is 0.1000. The van der Waals surface area contributed by atoms with Gasteiger partial charge in [0.25, 0.3) is 0 Å². The first-order chi connectivity index (χ1) is 7.33. The van der Waals surface area contributed by atoms with Gasteiger partial charge in [0.2, 0.25) is 0 Å². The first-order valence-corrected chi connectivity index (χ1v) is 7.19. The number of rotatable bonds is 3. The summed E-state index contributed by atoms with van der Waals surface area (Å²) in [6.07, 6.45) is 0. The highest BCUT2D eigenvalue weighted by Crippen LogP contribution is 2.33. The van der Waals surface area contributed by atoms with Gasteiger partial charge < -0.3 is 5.21 Å². The van der Waals surface area contributed by atoms with Gasteiger partial charge in [-0.25, -0.2) is 0 Å². The van der Waals surface area contributed by atoms with E-state index in [0.717, 1.165) is 5.56 Å². The summed E-state index contributed by atoms with van der Waals surface area (Å²) in [5.41, 5.74) is 1.28. The predicted octanol–water partition coefficient (Wildman–Crippen LogP) is 4.76. The minimum absolute atomic E-state index is 0.113. The molecule has 0 aliphatic heterocycles. The third-order valence-electron chi connectivity index (χ3n) is 1.73. The molecule has 6 heteroatoms. The molecule has 0 aliphatic rings. The minimum Gasteiger partial charge on any atom is -0.411 e. The van der Waals surface area contributed by atoms with E-state index in [1.807, 2.05) is 0 Å². The van der Waals surface area contributed by atoms with Gasteiger partial charge in [-0.1, -0.05) is 49.1 Å². The van der Waals surface area contributed by atoms with Crippen molar-refractivity contribution in [2.24, 2.45) is 5.16 Å². The molecule has 1 N–H and O–H groups in total. The summed E-state index contributed by atoms with van der Waals surface area (Å²) in [6, 6.07) is 1.73.